The number of nitrogens with one attached hydrogen (secondary N) is 1. The molecule has 2 aromatic heterocycles. The minimum Gasteiger partial charge on any atom is -0.352 e. The second kappa shape index (κ2) is 7.50. The average Bonchev–Trinajstić information content (AvgIpc) is 3.38. The summed E-state index contributed by atoms with van der Waals surface area (Å²) in [6.45, 7) is 3.93. The first kappa shape index (κ1) is 17.7. The number of imidazole rings is 1. The predicted octanol–water partition coefficient (Wildman–Crippen LogP) is 1.84. The summed E-state index contributed by atoms with van der Waals surface area (Å²) in [5, 5.41) is 2.90. The maximum atomic E-state index is 12.5. The Bertz CT molecular complexity index is 828. The van der Waals surface area contributed by atoms with Crippen LogP contribution in [0.5, 0.6) is 0 Å². The smallest absolute Gasteiger partial charge is 0.226 e. The summed E-state index contributed by atoms with van der Waals surface area (Å²) in [6, 6.07) is 3.73. The van der Waals surface area contributed by atoms with E-state index in [1.807, 2.05) is 30.2 Å². The van der Waals surface area contributed by atoms with Crippen molar-refractivity contribution >= 4 is 11.8 Å². The highest BCUT2D eigenvalue weighted by Gasteiger charge is 2.33. The van der Waals surface area contributed by atoms with Crippen molar-refractivity contribution in [1.29, 1.82) is 0 Å². The van der Waals surface area contributed by atoms with Gasteiger partial charge in [0.15, 0.2) is 0 Å². The summed E-state index contributed by atoms with van der Waals surface area (Å²) in [7, 11) is 0. The van der Waals surface area contributed by atoms with Crippen LogP contribution >= 0.6 is 0 Å². The van der Waals surface area contributed by atoms with Gasteiger partial charge in [-0.1, -0.05) is 6.07 Å². The SMILES string of the molecule is CC1c2nc(CC(=O)NCc3cccnc3)cn2CCN1C(=O)CC1CC1. The molecule has 4 rings (SSSR count). The van der Waals surface area contributed by atoms with Gasteiger partial charge in [0.2, 0.25) is 11.8 Å². The van der Waals surface area contributed by atoms with Crippen molar-refractivity contribution in [3.8, 4) is 0 Å². The van der Waals surface area contributed by atoms with Crippen LogP contribution in [0, 0.1) is 5.92 Å². The first-order valence-electron chi connectivity index (χ1n) is 9.61. The van der Waals surface area contributed by atoms with E-state index in [-0.39, 0.29) is 24.3 Å². The monoisotopic (exact) mass is 367 g/mol. The van der Waals surface area contributed by atoms with Crippen molar-refractivity contribution in [3.63, 3.8) is 0 Å². The quantitative estimate of drug-likeness (QED) is 0.845. The topological polar surface area (TPSA) is 80.1 Å². The van der Waals surface area contributed by atoms with Crippen LogP contribution < -0.4 is 5.32 Å². The second-order valence-corrected chi connectivity index (χ2v) is 7.51. The molecule has 0 aromatic carbocycles. The highest BCUT2D eigenvalue weighted by molar-refractivity contribution is 5.78. The zero-order chi connectivity index (χ0) is 18.8. The van der Waals surface area contributed by atoms with E-state index in [9.17, 15) is 9.59 Å². The van der Waals surface area contributed by atoms with Crippen molar-refractivity contribution in [2.75, 3.05) is 6.54 Å². The Hall–Kier alpha value is -2.70. The summed E-state index contributed by atoms with van der Waals surface area (Å²) in [6.07, 6.45) is 8.66. The summed E-state index contributed by atoms with van der Waals surface area (Å²) in [5.41, 5.74) is 1.71. The van der Waals surface area contributed by atoms with E-state index in [0.717, 1.165) is 23.6 Å². The van der Waals surface area contributed by atoms with E-state index >= 15 is 0 Å². The van der Waals surface area contributed by atoms with E-state index in [2.05, 4.69) is 19.9 Å². The number of nitrogens with zero attached hydrogens (tertiary/aromatic N) is 4. The van der Waals surface area contributed by atoms with Gasteiger partial charge in [-0.2, -0.15) is 0 Å². The Kier molecular flexibility index (Phi) is 4.92. The predicted molar refractivity (Wildman–Crippen MR) is 99.5 cm³/mol. The van der Waals surface area contributed by atoms with Gasteiger partial charge in [-0.3, -0.25) is 14.6 Å². The number of hydrogen-bond acceptors (Lipinski definition) is 4. The Labute approximate surface area is 158 Å². The molecular weight excluding hydrogens is 342 g/mol. The molecule has 27 heavy (non-hydrogen) atoms. The van der Waals surface area contributed by atoms with Gasteiger partial charge < -0.3 is 14.8 Å². The molecule has 2 aliphatic rings. The highest BCUT2D eigenvalue weighted by Crippen LogP contribution is 2.34. The molecule has 0 bridgehead atoms. The number of fused-ring (bicyclic) bond motifs is 1. The lowest BCUT2D eigenvalue weighted by Crippen LogP contribution is -2.41. The Morgan fingerprint density at radius 2 is 2.15 bits per heavy atom. The van der Waals surface area contributed by atoms with Crippen molar-refractivity contribution in [3.05, 3.63) is 47.8 Å². The molecule has 0 radical (unpaired) electrons. The first-order valence-corrected chi connectivity index (χ1v) is 9.61. The van der Waals surface area contributed by atoms with Crippen molar-refractivity contribution < 1.29 is 9.59 Å². The van der Waals surface area contributed by atoms with Crippen LogP contribution in [0.4, 0.5) is 0 Å². The Morgan fingerprint density at radius 3 is 2.89 bits per heavy atom. The van der Waals surface area contributed by atoms with Gasteiger partial charge in [0.1, 0.15) is 5.82 Å². The van der Waals surface area contributed by atoms with Crippen LogP contribution in [-0.4, -0.2) is 37.8 Å². The molecule has 1 fully saturated rings. The molecule has 1 atom stereocenters. The summed E-state index contributed by atoms with van der Waals surface area (Å²) >= 11 is 0. The minimum atomic E-state index is -0.0661. The van der Waals surface area contributed by atoms with Crippen LogP contribution in [0.25, 0.3) is 0 Å². The van der Waals surface area contributed by atoms with E-state index in [1.54, 1.807) is 12.4 Å². The number of carbonyl (C=O) groups is 2. The lowest BCUT2D eigenvalue weighted by molar-refractivity contribution is -0.135. The third-order valence-corrected chi connectivity index (χ3v) is 5.31. The molecule has 142 valence electrons. The van der Waals surface area contributed by atoms with Crippen molar-refractivity contribution in [2.24, 2.45) is 5.92 Å². The van der Waals surface area contributed by atoms with E-state index in [0.29, 0.717) is 25.4 Å². The van der Waals surface area contributed by atoms with Gasteiger partial charge in [-0.25, -0.2) is 4.98 Å². The van der Waals surface area contributed by atoms with Gasteiger partial charge >= 0.3 is 0 Å². The lowest BCUT2D eigenvalue weighted by atomic mass is 10.1. The molecule has 7 nitrogen and oxygen atoms in total. The number of pyridine rings is 1. The van der Waals surface area contributed by atoms with Crippen LogP contribution in [-0.2, 0) is 29.1 Å². The number of amides is 2. The number of carbonyl (C=O) groups excluding carboxylic acids is 2. The Balaban J connectivity index is 1.36. The fourth-order valence-electron chi connectivity index (χ4n) is 3.59. The maximum Gasteiger partial charge on any atom is 0.226 e. The lowest BCUT2D eigenvalue weighted by Gasteiger charge is -2.34. The van der Waals surface area contributed by atoms with Crippen LogP contribution in [0.3, 0.4) is 0 Å². The van der Waals surface area contributed by atoms with E-state index in [4.69, 9.17) is 0 Å². The van der Waals surface area contributed by atoms with Gasteiger partial charge in [-0.15, -0.1) is 0 Å². The standard InChI is InChI=1S/C20H25N5O2/c1-14-20-23-17(10-18(26)22-12-16-3-2-6-21-11-16)13-24(20)7-8-25(14)19(27)9-15-4-5-15/h2-3,6,11,13-15H,4-5,7-10,12H2,1H3,(H,22,26). The highest BCUT2D eigenvalue weighted by atomic mass is 16.2. The normalized spacial score (nSPS) is 18.9. The van der Waals surface area contributed by atoms with Crippen molar-refractivity contribution in [1.82, 2.24) is 24.8 Å². The summed E-state index contributed by atoms with van der Waals surface area (Å²) in [5.74, 6) is 1.63. The largest absolute Gasteiger partial charge is 0.352 e. The molecule has 2 amide bonds. The van der Waals surface area contributed by atoms with E-state index < -0.39 is 0 Å². The van der Waals surface area contributed by atoms with Gasteiger partial charge in [-0.05, 0) is 37.3 Å². The fraction of sp³-hybridized carbons (Fsp3) is 0.500. The van der Waals surface area contributed by atoms with Gasteiger partial charge in [0, 0.05) is 44.6 Å². The number of rotatable bonds is 6. The molecular formula is C20H25N5O2. The zero-order valence-electron chi connectivity index (χ0n) is 15.6. The average molecular weight is 367 g/mol. The third kappa shape index (κ3) is 4.18. The maximum absolute atomic E-state index is 12.5. The molecule has 0 spiro atoms. The van der Waals surface area contributed by atoms with Crippen molar-refractivity contribution in [2.45, 2.75) is 51.7 Å². The third-order valence-electron chi connectivity index (χ3n) is 5.31. The summed E-state index contributed by atoms with van der Waals surface area (Å²) < 4.78 is 2.08. The molecule has 1 N–H and O–H groups in total. The first-order chi connectivity index (χ1) is 13.1. The van der Waals surface area contributed by atoms with Gasteiger partial charge in [0.05, 0.1) is 18.2 Å². The molecule has 1 unspecified atom stereocenters. The molecule has 0 saturated heterocycles. The zero-order valence-corrected chi connectivity index (χ0v) is 15.6. The van der Waals surface area contributed by atoms with Gasteiger partial charge in [0.25, 0.3) is 0 Å². The molecule has 2 aromatic rings. The van der Waals surface area contributed by atoms with Crippen LogP contribution in [0.15, 0.2) is 30.7 Å². The minimum absolute atomic E-state index is 0.0443. The molecule has 1 aliphatic heterocycles. The number of aromatic nitrogens is 3. The molecule has 7 heteroatoms. The molecule has 1 aliphatic carbocycles. The van der Waals surface area contributed by atoms with Crippen LogP contribution in [0.2, 0.25) is 0 Å². The summed E-state index contributed by atoms with van der Waals surface area (Å²) in [4.78, 5) is 35.4. The van der Waals surface area contributed by atoms with E-state index in [1.165, 1.54) is 12.8 Å². The molecule has 1 saturated carbocycles. The number of hydrogen-bond donors (Lipinski definition) is 1. The molecule has 3 heterocycles. The fourth-order valence-corrected chi connectivity index (χ4v) is 3.59. The second-order valence-electron chi connectivity index (χ2n) is 7.51. The Morgan fingerprint density at radius 1 is 1.30 bits per heavy atom. The van der Waals surface area contributed by atoms with Crippen LogP contribution in [0.1, 0.15) is 49.3 Å².